The number of anilines is 5. The van der Waals surface area contributed by atoms with Gasteiger partial charge < -0.3 is 41.1 Å². The van der Waals surface area contributed by atoms with Gasteiger partial charge in [-0.25, -0.2) is 15.0 Å². The number of thiazole rings is 1. The molecule has 0 radical (unpaired) electrons. The first kappa shape index (κ1) is 55.5. The van der Waals surface area contributed by atoms with Crippen LogP contribution in [-0.2, 0) is 25.7 Å². The summed E-state index contributed by atoms with van der Waals surface area (Å²) in [5.41, 5.74) is 8.49. The van der Waals surface area contributed by atoms with E-state index in [2.05, 4.69) is 76.4 Å². The number of unbranched alkanes of at least 4 members (excludes halogenated alkanes) is 4. The number of para-hydroxylation sites is 1. The predicted molar refractivity (Wildman–Crippen MR) is 308 cm³/mol. The molecule has 3 aromatic heterocycles. The molecule has 0 aliphatic carbocycles. The molecule has 18 nitrogen and oxygen atoms in total. The molecule has 3 aliphatic rings. The molecule has 4 amide bonds. The molecule has 6 heterocycles. The van der Waals surface area contributed by atoms with Crippen LogP contribution in [0.15, 0.2) is 103 Å². The van der Waals surface area contributed by atoms with Crippen LogP contribution in [0.5, 0.6) is 0 Å². The van der Waals surface area contributed by atoms with Crippen LogP contribution in [0.2, 0.25) is 0 Å². The van der Waals surface area contributed by atoms with Crippen LogP contribution >= 0.6 is 11.3 Å². The Morgan fingerprint density at radius 1 is 0.846 bits per heavy atom. The highest BCUT2D eigenvalue weighted by atomic mass is 32.1. The molecule has 0 bridgehead atoms. The van der Waals surface area contributed by atoms with Gasteiger partial charge in [0.05, 0.1) is 34.4 Å². The summed E-state index contributed by atoms with van der Waals surface area (Å²) in [5.74, 6) is 0.181. The van der Waals surface area contributed by atoms with E-state index in [1.54, 1.807) is 17.5 Å². The molecule has 3 aliphatic heterocycles. The van der Waals surface area contributed by atoms with E-state index in [-0.39, 0.29) is 49.2 Å². The van der Waals surface area contributed by atoms with E-state index in [1.165, 1.54) is 16.7 Å². The summed E-state index contributed by atoms with van der Waals surface area (Å²) in [5, 5.41) is 23.5. The number of carbonyl (C=O) groups excluding carboxylic acids is 4. The number of piperazine rings is 1. The van der Waals surface area contributed by atoms with E-state index in [9.17, 15) is 24.3 Å². The smallest absolute Gasteiger partial charge is 0.246 e. The topological polar surface area (TPSA) is 206 Å². The summed E-state index contributed by atoms with van der Waals surface area (Å²) >= 11 is 1.59. The minimum absolute atomic E-state index is 0.0347. The molecule has 3 saturated heterocycles. The molecule has 0 saturated carbocycles. The Labute approximate surface area is 461 Å². The van der Waals surface area contributed by atoms with Crippen molar-refractivity contribution < 1.29 is 24.3 Å². The number of amides is 4. The lowest BCUT2D eigenvalue weighted by atomic mass is 9.85. The second kappa shape index (κ2) is 25.5. The Bertz CT molecular complexity index is 3010. The first-order valence-electron chi connectivity index (χ1n) is 27.6. The molecule has 3 aromatic carbocycles. The van der Waals surface area contributed by atoms with Crippen LogP contribution in [0.25, 0.3) is 21.6 Å². The number of hydrogen-bond donors (Lipinski definition) is 5. The normalized spacial score (nSPS) is 18.4. The molecule has 19 heteroatoms. The number of fused-ring (bicyclic) bond motifs is 1. The number of hydrogen-bond acceptors (Lipinski definition) is 14. The van der Waals surface area contributed by atoms with Gasteiger partial charge in [-0.1, -0.05) is 89.1 Å². The highest BCUT2D eigenvalue weighted by Crippen LogP contribution is 2.33. The Balaban J connectivity index is 0.684. The molecule has 3 fully saturated rings. The minimum Gasteiger partial charge on any atom is -0.391 e. The van der Waals surface area contributed by atoms with Crippen molar-refractivity contribution in [3.8, 4) is 10.4 Å². The number of carbonyl (C=O) groups is 4. The van der Waals surface area contributed by atoms with Crippen molar-refractivity contribution in [3.05, 3.63) is 114 Å². The number of nitrogens with zero attached hydrogens (tertiary/aromatic N) is 9. The predicted octanol–water partition coefficient (Wildman–Crippen LogP) is 8.37. The fourth-order valence-electron chi connectivity index (χ4n) is 10.8. The number of imidazole rings is 1. The van der Waals surface area contributed by atoms with Gasteiger partial charge in [0, 0.05) is 82.3 Å². The van der Waals surface area contributed by atoms with Gasteiger partial charge in [-0.15, -0.1) is 11.3 Å². The van der Waals surface area contributed by atoms with E-state index < -0.39 is 23.6 Å². The molecule has 412 valence electrons. The maximum atomic E-state index is 14.1. The van der Waals surface area contributed by atoms with Gasteiger partial charge in [-0.3, -0.25) is 28.6 Å². The maximum absolute atomic E-state index is 14.1. The summed E-state index contributed by atoms with van der Waals surface area (Å²) in [6.45, 7) is 17.9. The van der Waals surface area contributed by atoms with Crippen molar-refractivity contribution in [2.45, 2.75) is 116 Å². The van der Waals surface area contributed by atoms with Gasteiger partial charge in [-0.05, 0) is 98.2 Å². The summed E-state index contributed by atoms with van der Waals surface area (Å²) in [4.78, 5) is 81.8. The fraction of sp³-hybridized carbons (Fsp3) is 0.458. The van der Waals surface area contributed by atoms with E-state index >= 15 is 0 Å². The molecule has 4 unspecified atom stereocenters. The first-order valence-corrected chi connectivity index (χ1v) is 28.5. The lowest BCUT2D eigenvalue weighted by molar-refractivity contribution is -0.144. The van der Waals surface area contributed by atoms with Crippen molar-refractivity contribution in [2.24, 2.45) is 5.41 Å². The van der Waals surface area contributed by atoms with Gasteiger partial charge in [-0.2, -0.15) is 4.98 Å². The van der Waals surface area contributed by atoms with Crippen molar-refractivity contribution in [3.63, 3.8) is 0 Å². The zero-order valence-corrected chi connectivity index (χ0v) is 46.3. The molecule has 9 rings (SSSR count). The van der Waals surface area contributed by atoms with E-state index in [4.69, 9.17) is 9.97 Å². The Morgan fingerprint density at radius 2 is 1.58 bits per heavy atom. The number of likely N-dealkylation sites (tertiary alicyclic amines) is 2. The van der Waals surface area contributed by atoms with Crippen LogP contribution in [0, 0.1) is 12.3 Å². The first-order chi connectivity index (χ1) is 37.7. The third-order valence-electron chi connectivity index (χ3n) is 15.2. The monoisotopic (exact) mass is 1080 g/mol. The van der Waals surface area contributed by atoms with Crippen LogP contribution in [0.3, 0.4) is 0 Å². The molecule has 0 spiro atoms. The highest BCUT2D eigenvalue weighted by Gasteiger charge is 2.44. The molecular formula is C59H75N13O5S. The molecule has 4 atom stereocenters. The Morgan fingerprint density at radius 3 is 2.29 bits per heavy atom. The van der Waals surface area contributed by atoms with Gasteiger partial charge in [0.25, 0.3) is 0 Å². The number of rotatable bonds is 21. The quantitative estimate of drug-likeness (QED) is 0.0340. The van der Waals surface area contributed by atoms with Crippen molar-refractivity contribution >= 4 is 75.1 Å². The van der Waals surface area contributed by atoms with Crippen LogP contribution in [0.1, 0.15) is 95.9 Å². The average molecular weight is 1080 g/mol. The number of aromatic nitrogens is 5. The van der Waals surface area contributed by atoms with Crippen molar-refractivity contribution in [2.75, 3.05) is 67.9 Å². The van der Waals surface area contributed by atoms with Gasteiger partial charge in [0.15, 0.2) is 5.65 Å². The van der Waals surface area contributed by atoms with E-state index in [0.29, 0.717) is 42.6 Å². The number of nitrogens with one attached hydrogen (secondary N) is 4. The van der Waals surface area contributed by atoms with E-state index in [0.717, 1.165) is 111 Å². The fourth-order valence-corrected chi connectivity index (χ4v) is 11.6. The second-order valence-electron chi connectivity index (χ2n) is 21.9. The zero-order chi connectivity index (χ0) is 54.8. The SMILES string of the molecule is C=CC(=O)N1CCCC(n2c(Nc3ccccc3)nc3cnc(Nc4ccc(N5CCN(CCCCCCCC(=O)NC(C(=O)N6CC(O)CC6C(=O)NCc6ccc(-c7scnc7C)cc6)C(C)(C)C)CC5)cc4)nc32)C1. The third kappa shape index (κ3) is 13.9. The number of aliphatic hydroxyl groups is 1. The Hall–Kier alpha value is -7.22. The Kier molecular flexibility index (Phi) is 18.2. The lowest BCUT2D eigenvalue weighted by Gasteiger charge is -2.36. The highest BCUT2D eigenvalue weighted by molar-refractivity contribution is 7.13. The molecule has 78 heavy (non-hydrogen) atoms. The third-order valence-corrected chi connectivity index (χ3v) is 16.1. The minimum atomic E-state index is -0.847. The van der Waals surface area contributed by atoms with Gasteiger partial charge in [0.1, 0.15) is 17.6 Å². The number of aryl methyl sites for hydroxylation is 1. The second-order valence-corrected chi connectivity index (χ2v) is 22.8. The summed E-state index contributed by atoms with van der Waals surface area (Å²) < 4.78 is 2.11. The zero-order valence-electron chi connectivity index (χ0n) is 45.5. The van der Waals surface area contributed by atoms with Crippen LogP contribution in [0.4, 0.5) is 29.0 Å². The van der Waals surface area contributed by atoms with Crippen LogP contribution in [-0.4, -0.2) is 138 Å². The van der Waals surface area contributed by atoms with Gasteiger partial charge in [0.2, 0.25) is 35.5 Å². The summed E-state index contributed by atoms with van der Waals surface area (Å²) in [7, 11) is 0. The summed E-state index contributed by atoms with van der Waals surface area (Å²) in [6.07, 6.45) is 9.34. The number of β-amino-alcohol motifs (C(OH)–C–C–N with tert-alkyl or cyclic N) is 1. The van der Waals surface area contributed by atoms with Crippen molar-refractivity contribution in [1.29, 1.82) is 0 Å². The summed E-state index contributed by atoms with van der Waals surface area (Å²) in [6, 6.07) is 24.6. The largest absolute Gasteiger partial charge is 0.391 e. The molecule has 5 N–H and O–H groups in total. The molecule has 6 aromatic rings. The number of benzene rings is 3. The number of piperidine rings is 1. The standard InChI is InChI=1S/C59H75N13O5S/c1-6-51(75)70-29-15-18-46(37-70)72-54-48(65-58(72)64-43-16-11-10-12-17-43)36-61-57(67-54)63-44-24-26-45(27-25-44)69-32-30-68(31-33-69)28-14-9-7-8-13-19-50(74)66-53(59(3,4)5)56(77)71-38-47(73)34-49(71)55(76)60-35-41-20-22-42(23-21-41)52-40(2)62-39-78-52/h6,10-12,16-17,20-27,36,39,46-47,49,53,73H,1,7-9,13-15,18-19,28-35,37-38H2,2-5H3,(H,60,76)(H,64,65)(H,66,74)(H,61,63,67). The van der Waals surface area contributed by atoms with E-state index in [1.807, 2.05) is 92.7 Å². The molecular weight excluding hydrogens is 1000 g/mol. The number of aliphatic hydroxyl groups excluding tert-OH is 1. The average Bonchev–Trinajstić information content (AvgIpc) is 4.24. The maximum Gasteiger partial charge on any atom is 0.246 e. The van der Waals surface area contributed by atoms with Crippen LogP contribution < -0.4 is 26.2 Å². The lowest BCUT2D eigenvalue weighted by Crippen LogP contribution is -2.57. The van der Waals surface area contributed by atoms with Crippen molar-refractivity contribution in [1.82, 2.24) is 49.8 Å². The van der Waals surface area contributed by atoms with Gasteiger partial charge >= 0.3 is 0 Å².